The van der Waals surface area contributed by atoms with Crippen LogP contribution in [0.3, 0.4) is 0 Å². The minimum atomic E-state index is -3.86. The fourth-order valence-electron chi connectivity index (χ4n) is 4.07. The number of hydrogen-bond acceptors (Lipinski definition) is 5. The first-order valence-electron chi connectivity index (χ1n) is 10.5. The van der Waals surface area contributed by atoms with Crippen LogP contribution in [-0.2, 0) is 23.6 Å². The molecule has 3 heterocycles. The number of fused-ring (bicyclic) bond motifs is 1. The van der Waals surface area contributed by atoms with Crippen molar-refractivity contribution in [1.29, 1.82) is 5.26 Å². The van der Waals surface area contributed by atoms with Crippen molar-refractivity contribution in [3.05, 3.63) is 59.5 Å². The number of nitrogens with zero attached hydrogens (tertiary/aromatic N) is 4. The topological polar surface area (TPSA) is 108 Å². The van der Waals surface area contributed by atoms with Crippen molar-refractivity contribution in [2.75, 3.05) is 13.1 Å². The van der Waals surface area contributed by atoms with Gasteiger partial charge in [-0.3, -0.25) is 9.78 Å². The molecule has 0 spiro atoms. The predicted molar refractivity (Wildman–Crippen MR) is 120 cm³/mol. The zero-order valence-electron chi connectivity index (χ0n) is 18.1. The number of carbonyl (C=O) groups excluding carboxylic acids is 1. The average Bonchev–Trinajstić information content (AvgIpc) is 3.14. The lowest BCUT2D eigenvalue weighted by atomic mass is 10.0. The fourth-order valence-corrected chi connectivity index (χ4v) is 5.73. The Morgan fingerprint density at radius 3 is 2.72 bits per heavy atom. The number of carbonyl (C=O) groups is 1. The maximum atomic E-state index is 13.2. The van der Waals surface area contributed by atoms with Crippen molar-refractivity contribution in [3.8, 4) is 6.07 Å². The van der Waals surface area contributed by atoms with Crippen LogP contribution in [0.2, 0.25) is 0 Å². The molecule has 0 unspecified atom stereocenters. The Hall–Kier alpha value is -3.22. The molecule has 32 heavy (non-hydrogen) atoms. The van der Waals surface area contributed by atoms with Gasteiger partial charge in [0.25, 0.3) is 5.91 Å². The predicted octanol–water partition coefficient (Wildman–Crippen LogP) is 2.80. The van der Waals surface area contributed by atoms with Crippen LogP contribution in [0.15, 0.2) is 47.5 Å². The van der Waals surface area contributed by atoms with E-state index in [0.717, 1.165) is 29.3 Å². The maximum Gasteiger partial charge on any atom is 0.268 e. The molecule has 166 valence electrons. The van der Waals surface area contributed by atoms with Gasteiger partial charge in [0.1, 0.15) is 22.4 Å². The summed E-state index contributed by atoms with van der Waals surface area (Å²) < 4.78 is 29.2. The first kappa shape index (κ1) is 22.0. The number of benzene rings is 1. The lowest BCUT2D eigenvalue weighted by Gasteiger charge is -2.29. The molecule has 0 bridgehead atoms. The molecule has 0 aliphatic carbocycles. The number of hydrogen-bond donors (Lipinski definition) is 1. The molecule has 1 fully saturated rings. The van der Waals surface area contributed by atoms with Crippen molar-refractivity contribution in [1.82, 2.24) is 19.2 Å². The molecule has 9 heteroatoms. The van der Waals surface area contributed by atoms with Gasteiger partial charge in [0.15, 0.2) is 0 Å². The quantitative estimate of drug-likeness (QED) is 0.642. The van der Waals surface area contributed by atoms with E-state index >= 15 is 0 Å². The summed E-state index contributed by atoms with van der Waals surface area (Å²) in [6, 6.07) is 12.7. The van der Waals surface area contributed by atoms with E-state index in [9.17, 15) is 18.5 Å². The molecule has 1 amide bonds. The molecule has 1 aliphatic rings. The Kier molecular flexibility index (Phi) is 6.00. The lowest BCUT2D eigenvalue weighted by Crippen LogP contribution is -2.38. The van der Waals surface area contributed by atoms with Crippen LogP contribution >= 0.6 is 0 Å². The van der Waals surface area contributed by atoms with Crippen LogP contribution in [0.1, 0.15) is 41.5 Å². The van der Waals surface area contributed by atoms with Crippen molar-refractivity contribution >= 4 is 26.8 Å². The van der Waals surface area contributed by atoms with E-state index in [1.54, 1.807) is 6.20 Å². The van der Waals surface area contributed by atoms with Crippen LogP contribution in [0.5, 0.6) is 0 Å². The Morgan fingerprint density at radius 2 is 2.00 bits per heavy atom. The molecule has 1 saturated heterocycles. The van der Waals surface area contributed by atoms with Gasteiger partial charge >= 0.3 is 0 Å². The number of nitriles is 1. The Labute approximate surface area is 187 Å². The summed E-state index contributed by atoms with van der Waals surface area (Å²) in [6.45, 7) is 3.18. The van der Waals surface area contributed by atoms with Crippen molar-refractivity contribution in [3.63, 3.8) is 0 Å². The van der Waals surface area contributed by atoms with E-state index in [1.165, 1.54) is 22.0 Å². The van der Waals surface area contributed by atoms with Crippen LogP contribution in [-0.4, -0.2) is 41.3 Å². The molecular weight excluding hydrogens is 426 g/mol. The zero-order valence-corrected chi connectivity index (χ0v) is 18.9. The summed E-state index contributed by atoms with van der Waals surface area (Å²) in [5.74, 6) is 0.0249. The molecule has 4 rings (SSSR count). The number of sulfonamides is 1. The van der Waals surface area contributed by atoms with Gasteiger partial charge in [0, 0.05) is 38.3 Å². The minimum absolute atomic E-state index is 0.0388. The second kappa shape index (κ2) is 8.73. The molecule has 8 nitrogen and oxygen atoms in total. The van der Waals surface area contributed by atoms with E-state index in [2.05, 4.69) is 17.2 Å². The van der Waals surface area contributed by atoms with Crippen molar-refractivity contribution in [2.24, 2.45) is 13.0 Å². The van der Waals surface area contributed by atoms with Crippen LogP contribution < -0.4 is 5.32 Å². The SMILES string of the molecule is CC1CCN(S(=O)(=O)c2cc(C(=O)NCc3cccc4ncccc34)n(C)c2C#N)CC1. The smallest absolute Gasteiger partial charge is 0.268 e. The molecular formula is C23H25N5O3S. The number of aromatic nitrogens is 2. The number of amides is 1. The Morgan fingerprint density at radius 1 is 1.25 bits per heavy atom. The van der Waals surface area contributed by atoms with Gasteiger partial charge in [-0.05, 0) is 42.5 Å². The third-order valence-electron chi connectivity index (χ3n) is 6.07. The van der Waals surface area contributed by atoms with E-state index in [-0.39, 0.29) is 22.8 Å². The van der Waals surface area contributed by atoms with Crippen LogP contribution in [0.4, 0.5) is 0 Å². The number of pyridine rings is 1. The lowest BCUT2D eigenvalue weighted by molar-refractivity contribution is 0.0943. The zero-order chi connectivity index (χ0) is 22.9. The van der Waals surface area contributed by atoms with Gasteiger partial charge in [-0.15, -0.1) is 0 Å². The molecule has 1 aliphatic heterocycles. The highest BCUT2D eigenvalue weighted by molar-refractivity contribution is 7.89. The van der Waals surface area contributed by atoms with Crippen molar-refractivity contribution in [2.45, 2.75) is 31.2 Å². The molecule has 0 atom stereocenters. The molecule has 3 aromatic rings. The monoisotopic (exact) mass is 451 g/mol. The highest BCUT2D eigenvalue weighted by Crippen LogP contribution is 2.27. The Bertz CT molecular complexity index is 1310. The largest absolute Gasteiger partial charge is 0.347 e. The van der Waals surface area contributed by atoms with Gasteiger partial charge in [-0.25, -0.2) is 8.42 Å². The summed E-state index contributed by atoms with van der Waals surface area (Å²) in [4.78, 5) is 17.1. The van der Waals surface area contributed by atoms with Crippen molar-refractivity contribution < 1.29 is 13.2 Å². The third kappa shape index (κ3) is 3.99. The highest BCUT2D eigenvalue weighted by atomic mass is 32.2. The third-order valence-corrected chi connectivity index (χ3v) is 7.98. The highest BCUT2D eigenvalue weighted by Gasteiger charge is 2.33. The molecule has 1 N–H and O–H groups in total. The number of rotatable bonds is 5. The van der Waals surface area contributed by atoms with Gasteiger partial charge in [0.05, 0.1) is 5.52 Å². The molecule has 0 saturated carbocycles. The van der Waals surface area contributed by atoms with Gasteiger partial charge in [-0.2, -0.15) is 9.57 Å². The summed E-state index contributed by atoms with van der Waals surface area (Å²) in [5.41, 5.74) is 1.81. The second-order valence-corrected chi connectivity index (χ2v) is 10.1. The first-order chi connectivity index (χ1) is 15.3. The maximum absolute atomic E-state index is 13.2. The van der Waals surface area contributed by atoms with Gasteiger partial charge in [-0.1, -0.05) is 25.1 Å². The summed E-state index contributed by atoms with van der Waals surface area (Å²) in [6.07, 6.45) is 3.27. The van der Waals surface area contributed by atoms with Crippen LogP contribution in [0, 0.1) is 17.2 Å². The molecule has 0 radical (unpaired) electrons. The Balaban J connectivity index is 1.60. The van der Waals surface area contributed by atoms with E-state index < -0.39 is 15.9 Å². The second-order valence-electron chi connectivity index (χ2n) is 8.17. The summed E-state index contributed by atoms with van der Waals surface area (Å²) >= 11 is 0. The first-order valence-corrected chi connectivity index (χ1v) is 12.0. The standard InChI is InChI=1S/C23H25N5O3S/c1-16-8-11-28(12-9-16)32(30,31)22-13-20(27(2)21(22)14-24)23(29)26-15-17-5-3-7-19-18(17)6-4-10-25-19/h3-7,10,13,16H,8-9,11-12,15H2,1-2H3,(H,26,29). The molecule has 1 aromatic carbocycles. The van der Waals surface area contributed by atoms with E-state index in [1.807, 2.05) is 36.4 Å². The van der Waals surface area contributed by atoms with E-state index in [0.29, 0.717) is 19.0 Å². The molecule has 2 aromatic heterocycles. The average molecular weight is 452 g/mol. The summed E-state index contributed by atoms with van der Waals surface area (Å²) in [5, 5.41) is 13.4. The number of piperidine rings is 1. The van der Waals surface area contributed by atoms with Gasteiger partial charge < -0.3 is 9.88 Å². The number of nitrogens with one attached hydrogen (secondary N) is 1. The van der Waals surface area contributed by atoms with E-state index in [4.69, 9.17) is 0 Å². The fraction of sp³-hybridized carbons (Fsp3) is 0.348. The normalized spacial score (nSPS) is 15.5. The summed E-state index contributed by atoms with van der Waals surface area (Å²) in [7, 11) is -2.32. The van der Waals surface area contributed by atoms with Crippen LogP contribution in [0.25, 0.3) is 10.9 Å². The van der Waals surface area contributed by atoms with Gasteiger partial charge in [0.2, 0.25) is 10.0 Å². The minimum Gasteiger partial charge on any atom is -0.347 e.